The van der Waals surface area contributed by atoms with E-state index in [1.807, 2.05) is 18.2 Å². The van der Waals surface area contributed by atoms with Gasteiger partial charge in [-0.15, -0.1) is 0 Å². The first-order chi connectivity index (χ1) is 12.8. The third-order valence-corrected chi connectivity index (χ3v) is 4.65. The molecule has 0 radical (unpaired) electrons. The maximum absolute atomic E-state index is 5.30. The lowest BCUT2D eigenvalue weighted by Gasteiger charge is -2.05. The molecule has 26 heavy (non-hydrogen) atoms. The lowest BCUT2D eigenvalue weighted by molar-refractivity contribution is -0.495. The van der Waals surface area contributed by atoms with Crippen LogP contribution < -0.4 is 14.5 Å². The molecule has 1 N–H and O–H groups in total. The molecule has 0 aliphatic rings. The van der Waals surface area contributed by atoms with Crippen LogP contribution in [0.3, 0.4) is 0 Å². The van der Waals surface area contributed by atoms with E-state index in [4.69, 9.17) is 4.74 Å². The highest BCUT2D eigenvalue weighted by Gasteiger charge is 2.23. The van der Waals surface area contributed by atoms with Crippen LogP contribution in [-0.2, 0) is 13.6 Å². The molecule has 0 aliphatic heterocycles. The van der Waals surface area contributed by atoms with Gasteiger partial charge >= 0.3 is 0 Å². The Labute approximate surface area is 153 Å². The molecule has 0 saturated heterocycles. The summed E-state index contributed by atoms with van der Waals surface area (Å²) in [5.41, 5.74) is 4.68. The molecule has 0 fully saturated rings. The largest absolute Gasteiger partial charge is 0.497 e. The number of nitrogens with zero attached hydrogens (tertiary/aromatic N) is 2. The van der Waals surface area contributed by atoms with E-state index in [9.17, 15) is 0 Å². The number of aryl methyl sites for hydroxylation is 1. The molecule has 2 aromatic heterocycles. The van der Waals surface area contributed by atoms with Crippen molar-refractivity contribution in [2.75, 3.05) is 12.4 Å². The average molecular weight is 344 g/mol. The number of hydrogen-bond donors (Lipinski definition) is 1. The van der Waals surface area contributed by atoms with Crippen LogP contribution in [0.25, 0.3) is 16.9 Å². The zero-order chi connectivity index (χ0) is 17.9. The summed E-state index contributed by atoms with van der Waals surface area (Å²) in [7, 11) is 3.79. The van der Waals surface area contributed by atoms with E-state index in [1.54, 1.807) is 7.11 Å². The van der Waals surface area contributed by atoms with E-state index in [0.29, 0.717) is 0 Å². The van der Waals surface area contributed by atoms with Crippen molar-refractivity contribution in [2.45, 2.75) is 6.54 Å². The fourth-order valence-electron chi connectivity index (χ4n) is 3.31. The zero-order valence-corrected chi connectivity index (χ0v) is 15.0. The molecule has 4 nitrogen and oxygen atoms in total. The van der Waals surface area contributed by atoms with E-state index < -0.39 is 0 Å². The Morgan fingerprint density at radius 3 is 2.38 bits per heavy atom. The van der Waals surface area contributed by atoms with Gasteiger partial charge in [0.15, 0.2) is 5.69 Å². The number of fused-ring (bicyclic) bond motifs is 1. The maximum Gasteiger partial charge on any atom is 0.267 e. The monoisotopic (exact) mass is 344 g/mol. The number of nitrogens with one attached hydrogen (secondary N) is 1. The minimum atomic E-state index is 0.769. The molecular formula is C22H22N3O+. The first kappa shape index (κ1) is 16.2. The molecular weight excluding hydrogens is 322 g/mol. The predicted octanol–water partition coefficient (Wildman–Crippen LogP) is 4.05. The van der Waals surface area contributed by atoms with Crippen molar-refractivity contribution in [2.24, 2.45) is 7.05 Å². The number of hydrogen-bond acceptors (Lipinski definition) is 2. The van der Waals surface area contributed by atoms with Gasteiger partial charge in [0.2, 0.25) is 5.65 Å². The van der Waals surface area contributed by atoms with Crippen LogP contribution in [0.2, 0.25) is 0 Å². The second-order valence-corrected chi connectivity index (χ2v) is 6.25. The molecule has 4 aromatic rings. The summed E-state index contributed by atoms with van der Waals surface area (Å²) >= 11 is 0. The Kier molecular flexibility index (Phi) is 4.32. The fourth-order valence-corrected chi connectivity index (χ4v) is 3.31. The second kappa shape index (κ2) is 6.92. The maximum atomic E-state index is 5.30. The molecule has 0 bridgehead atoms. The summed E-state index contributed by atoms with van der Waals surface area (Å²) in [6.07, 6.45) is 2.09. The standard InChI is InChI=1S/C22H22N3O/c1-24-20-10-6-7-15-25(20)22(23-16-17-8-4-3-5-9-17)21(24)18-11-13-19(26-2)14-12-18/h3-15,23H,16H2,1-2H3/q+1. The quantitative estimate of drug-likeness (QED) is 0.554. The van der Waals surface area contributed by atoms with Gasteiger partial charge in [-0.2, -0.15) is 0 Å². The lowest BCUT2D eigenvalue weighted by atomic mass is 10.1. The number of ether oxygens (including phenoxy) is 1. The van der Waals surface area contributed by atoms with Crippen LogP contribution in [-0.4, -0.2) is 11.7 Å². The van der Waals surface area contributed by atoms with Crippen molar-refractivity contribution >= 4 is 11.5 Å². The second-order valence-electron chi connectivity index (χ2n) is 6.25. The van der Waals surface area contributed by atoms with Crippen LogP contribution in [0.4, 0.5) is 5.82 Å². The summed E-state index contributed by atoms with van der Waals surface area (Å²) in [6, 6.07) is 24.9. The van der Waals surface area contributed by atoms with E-state index >= 15 is 0 Å². The molecule has 2 aromatic carbocycles. The number of benzene rings is 2. The predicted molar refractivity (Wildman–Crippen MR) is 104 cm³/mol. The normalized spacial score (nSPS) is 10.8. The van der Waals surface area contributed by atoms with Crippen LogP contribution in [0, 0.1) is 0 Å². The van der Waals surface area contributed by atoms with E-state index in [1.165, 1.54) is 5.56 Å². The summed E-state index contributed by atoms with van der Waals surface area (Å²) < 4.78 is 9.72. The highest BCUT2D eigenvalue weighted by Crippen LogP contribution is 2.29. The van der Waals surface area contributed by atoms with Crippen LogP contribution in [0.1, 0.15) is 5.56 Å². The molecule has 4 rings (SSSR count). The number of pyridine rings is 1. The van der Waals surface area contributed by atoms with Crippen molar-refractivity contribution in [3.05, 3.63) is 84.6 Å². The molecule has 0 saturated carbocycles. The third-order valence-electron chi connectivity index (χ3n) is 4.65. The minimum Gasteiger partial charge on any atom is -0.497 e. The Morgan fingerprint density at radius 2 is 1.65 bits per heavy atom. The van der Waals surface area contributed by atoms with Gasteiger partial charge in [-0.1, -0.05) is 36.4 Å². The van der Waals surface area contributed by atoms with Gasteiger partial charge in [-0.05, 0) is 35.9 Å². The van der Waals surface area contributed by atoms with E-state index in [2.05, 4.69) is 82.1 Å². The Balaban J connectivity index is 1.81. The molecule has 0 aliphatic carbocycles. The molecule has 130 valence electrons. The van der Waals surface area contributed by atoms with Gasteiger partial charge in [0.05, 0.1) is 26.9 Å². The van der Waals surface area contributed by atoms with Crippen LogP contribution in [0.5, 0.6) is 5.75 Å². The highest BCUT2D eigenvalue weighted by molar-refractivity contribution is 5.73. The molecule has 0 amide bonds. The Hall–Kier alpha value is -3.27. The number of rotatable bonds is 5. The van der Waals surface area contributed by atoms with Gasteiger partial charge in [-0.3, -0.25) is 9.88 Å². The van der Waals surface area contributed by atoms with Gasteiger partial charge < -0.3 is 4.74 Å². The summed E-state index contributed by atoms with van der Waals surface area (Å²) in [4.78, 5) is 0. The van der Waals surface area contributed by atoms with Gasteiger partial charge in [0.25, 0.3) is 5.82 Å². The average Bonchev–Trinajstić information content (AvgIpc) is 2.99. The summed E-state index contributed by atoms with van der Waals surface area (Å²) in [6.45, 7) is 0.769. The fraction of sp³-hybridized carbons (Fsp3) is 0.136. The van der Waals surface area contributed by atoms with E-state index in [-0.39, 0.29) is 0 Å². The summed E-state index contributed by atoms with van der Waals surface area (Å²) in [5.74, 6) is 1.94. The third kappa shape index (κ3) is 2.90. The smallest absolute Gasteiger partial charge is 0.267 e. The molecule has 2 heterocycles. The van der Waals surface area contributed by atoms with Gasteiger partial charge in [0, 0.05) is 11.6 Å². The van der Waals surface area contributed by atoms with Gasteiger partial charge in [0.1, 0.15) is 5.75 Å². The number of methoxy groups -OCH3 is 1. The topological polar surface area (TPSA) is 30.3 Å². The van der Waals surface area contributed by atoms with Crippen molar-refractivity contribution in [3.8, 4) is 17.0 Å². The van der Waals surface area contributed by atoms with Crippen molar-refractivity contribution < 1.29 is 9.14 Å². The van der Waals surface area contributed by atoms with Gasteiger partial charge in [-0.25, -0.2) is 4.40 Å². The van der Waals surface area contributed by atoms with Crippen LogP contribution >= 0.6 is 0 Å². The molecule has 0 atom stereocenters. The minimum absolute atomic E-state index is 0.769. The van der Waals surface area contributed by atoms with Crippen molar-refractivity contribution in [1.82, 2.24) is 4.57 Å². The SMILES string of the molecule is COc1ccc(-c2c(NCc3ccccc3)[n+]3ccccc3n2C)cc1. The highest BCUT2D eigenvalue weighted by atomic mass is 16.5. The Morgan fingerprint density at radius 1 is 0.923 bits per heavy atom. The molecule has 0 spiro atoms. The molecule has 4 heteroatoms. The molecule has 0 unspecified atom stereocenters. The first-order valence-electron chi connectivity index (χ1n) is 8.69. The first-order valence-corrected chi connectivity index (χ1v) is 8.69. The van der Waals surface area contributed by atoms with Crippen molar-refractivity contribution in [3.63, 3.8) is 0 Å². The number of imidazole rings is 1. The van der Waals surface area contributed by atoms with E-state index in [0.717, 1.165) is 35.0 Å². The summed E-state index contributed by atoms with van der Waals surface area (Å²) in [5, 5.41) is 3.63. The number of anilines is 1. The van der Waals surface area contributed by atoms with Crippen molar-refractivity contribution in [1.29, 1.82) is 0 Å². The number of aromatic nitrogens is 2. The Bertz CT molecular complexity index is 1020. The van der Waals surface area contributed by atoms with Crippen LogP contribution in [0.15, 0.2) is 79.0 Å². The zero-order valence-electron chi connectivity index (χ0n) is 15.0. The lowest BCUT2D eigenvalue weighted by Crippen LogP contribution is -2.23.